The summed E-state index contributed by atoms with van der Waals surface area (Å²) in [5, 5.41) is 0. The van der Waals surface area contributed by atoms with Gasteiger partial charge in [0.2, 0.25) is 0 Å². The standard InChI is InChI=1S/C50H57N3S4/c1-5-7-9-11-13-15-20-40-22-24-47(54-40)49-28-26-45(56-49)37-30-31-51-43(33-37)44-35-38(34-42(52-44)36-18-17-19-39(32-36)53(3)4)46-27-29-50(57-46)48-25-23-41(55-48)21-16-14-12-10-8-6-2/h17-19,22-35H,5-16,20-21H2,1-4H3. The zero-order valence-corrected chi connectivity index (χ0v) is 37.5. The van der Waals surface area contributed by atoms with Crippen molar-refractivity contribution in [2.24, 2.45) is 0 Å². The quantitative estimate of drug-likeness (QED) is 0.0676. The smallest absolute Gasteiger partial charge is 0.0900 e. The number of pyridine rings is 2. The number of benzene rings is 1. The van der Waals surface area contributed by atoms with Gasteiger partial charge in [0.05, 0.1) is 17.1 Å². The van der Waals surface area contributed by atoms with Crippen LogP contribution in [0.2, 0.25) is 0 Å². The second kappa shape index (κ2) is 20.7. The predicted octanol–water partition coefficient (Wildman–Crippen LogP) is 16.6. The van der Waals surface area contributed by atoms with Crippen LogP contribution in [0.4, 0.5) is 5.69 Å². The highest BCUT2D eigenvalue weighted by molar-refractivity contribution is 7.24. The van der Waals surface area contributed by atoms with E-state index in [0.717, 1.165) is 28.3 Å². The maximum absolute atomic E-state index is 5.29. The monoisotopic (exact) mass is 827 g/mol. The Morgan fingerprint density at radius 2 is 0.947 bits per heavy atom. The molecule has 0 amide bonds. The Morgan fingerprint density at radius 1 is 0.439 bits per heavy atom. The third kappa shape index (κ3) is 11.2. The van der Waals surface area contributed by atoms with Gasteiger partial charge in [-0.05, 0) is 122 Å². The third-order valence-electron chi connectivity index (χ3n) is 10.6. The zero-order chi connectivity index (χ0) is 39.4. The van der Waals surface area contributed by atoms with Crippen molar-refractivity contribution >= 4 is 51.0 Å². The average Bonchev–Trinajstić information content (AvgIpc) is 4.08. The molecule has 0 fully saturated rings. The highest BCUT2D eigenvalue weighted by Crippen LogP contribution is 2.42. The summed E-state index contributed by atoms with van der Waals surface area (Å²) in [5.41, 5.74) is 7.34. The first-order valence-corrected chi connectivity index (χ1v) is 24.4. The Balaban J connectivity index is 1.12. The van der Waals surface area contributed by atoms with Crippen molar-refractivity contribution in [2.75, 3.05) is 19.0 Å². The number of rotatable bonds is 21. The molecule has 0 radical (unpaired) electrons. The molecule has 0 saturated heterocycles. The van der Waals surface area contributed by atoms with Crippen molar-refractivity contribution in [2.45, 2.75) is 104 Å². The number of thiophene rings is 4. The first-order chi connectivity index (χ1) is 28.0. The Morgan fingerprint density at radius 3 is 1.56 bits per heavy atom. The van der Waals surface area contributed by atoms with E-state index in [-0.39, 0.29) is 0 Å². The fourth-order valence-corrected chi connectivity index (χ4v) is 11.6. The fourth-order valence-electron chi connectivity index (χ4n) is 7.32. The van der Waals surface area contributed by atoms with Crippen molar-refractivity contribution < 1.29 is 0 Å². The summed E-state index contributed by atoms with van der Waals surface area (Å²) in [6, 6.07) is 36.0. The minimum absolute atomic E-state index is 0.890. The van der Waals surface area contributed by atoms with E-state index in [1.807, 2.05) is 51.5 Å². The van der Waals surface area contributed by atoms with E-state index >= 15 is 0 Å². The summed E-state index contributed by atoms with van der Waals surface area (Å²) in [6.45, 7) is 4.57. The van der Waals surface area contributed by atoms with Crippen LogP contribution >= 0.6 is 45.3 Å². The Hall–Kier alpha value is -3.88. The Bertz CT molecular complexity index is 2300. The van der Waals surface area contributed by atoms with Crippen LogP contribution < -0.4 is 4.90 Å². The number of aromatic nitrogens is 2. The average molecular weight is 828 g/mol. The van der Waals surface area contributed by atoms with Crippen molar-refractivity contribution in [3.63, 3.8) is 0 Å². The van der Waals surface area contributed by atoms with Gasteiger partial charge in [0.25, 0.3) is 0 Å². The minimum Gasteiger partial charge on any atom is -0.378 e. The zero-order valence-electron chi connectivity index (χ0n) is 34.2. The van der Waals surface area contributed by atoms with Crippen molar-refractivity contribution in [1.82, 2.24) is 9.97 Å². The number of anilines is 1. The SMILES string of the molecule is CCCCCCCCc1ccc(-c2ccc(-c3ccnc(-c4cc(-c5ccc(-c6ccc(CCCCCCCC)s6)s5)cc(-c5cccc(N(C)C)c5)n4)c3)s2)s1. The molecule has 57 heavy (non-hydrogen) atoms. The number of hydrogen-bond acceptors (Lipinski definition) is 7. The molecule has 0 aliphatic rings. The summed E-state index contributed by atoms with van der Waals surface area (Å²) in [5.74, 6) is 0. The lowest BCUT2D eigenvalue weighted by Crippen LogP contribution is -2.08. The molecule has 3 nitrogen and oxygen atoms in total. The van der Waals surface area contributed by atoms with Crippen LogP contribution in [0.5, 0.6) is 0 Å². The van der Waals surface area contributed by atoms with E-state index in [0.29, 0.717) is 0 Å². The molecule has 7 rings (SSSR count). The van der Waals surface area contributed by atoms with Gasteiger partial charge in [-0.1, -0.05) is 90.2 Å². The van der Waals surface area contributed by atoms with Gasteiger partial charge < -0.3 is 4.90 Å². The normalized spacial score (nSPS) is 11.4. The van der Waals surface area contributed by atoms with Crippen molar-refractivity contribution in [3.05, 3.63) is 113 Å². The third-order valence-corrected chi connectivity index (χ3v) is 15.6. The van der Waals surface area contributed by atoms with Crippen molar-refractivity contribution in [1.29, 1.82) is 0 Å². The van der Waals surface area contributed by atoms with E-state index in [4.69, 9.17) is 9.97 Å². The topological polar surface area (TPSA) is 29.0 Å². The van der Waals surface area contributed by atoms with E-state index in [1.54, 1.807) is 0 Å². The number of aryl methyl sites for hydroxylation is 2. The molecule has 296 valence electrons. The summed E-state index contributed by atoms with van der Waals surface area (Å²) >= 11 is 7.66. The molecular formula is C50H57N3S4. The second-order valence-corrected chi connectivity index (χ2v) is 19.9. The summed E-state index contributed by atoms with van der Waals surface area (Å²) < 4.78 is 0. The first-order valence-electron chi connectivity index (χ1n) is 21.1. The number of nitrogens with zero attached hydrogens (tertiary/aromatic N) is 3. The van der Waals surface area contributed by atoms with Crippen LogP contribution in [0.25, 0.3) is 63.0 Å². The van der Waals surface area contributed by atoms with E-state index < -0.39 is 0 Å². The number of hydrogen-bond donors (Lipinski definition) is 0. The highest BCUT2D eigenvalue weighted by atomic mass is 32.1. The first kappa shape index (κ1) is 41.3. The van der Waals surface area contributed by atoms with Crippen LogP contribution in [0.15, 0.2) is 103 Å². The maximum atomic E-state index is 5.29. The van der Waals surface area contributed by atoms with E-state index in [9.17, 15) is 0 Å². The van der Waals surface area contributed by atoms with Crippen molar-refractivity contribution in [3.8, 4) is 63.0 Å². The second-order valence-electron chi connectivity index (χ2n) is 15.4. The minimum atomic E-state index is 0.890. The molecule has 0 N–H and O–H groups in total. The molecule has 6 aromatic heterocycles. The van der Waals surface area contributed by atoms with Gasteiger partial charge in [-0.3, -0.25) is 4.98 Å². The van der Waals surface area contributed by atoms with Crippen LogP contribution in [0.3, 0.4) is 0 Å². The van der Waals surface area contributed by atoms with Gasteiger partial charge in [-0.25, -0.2) is 4.98 Å². The summed E-state index contributed by atoms with van der Waals surface area (Å²) in [4.78, 5) is 23.2. The molecule has 6 heterocycles. The summed E-state index contributed by atoms with van der Waals surface area (Å²) in [7, 11) is 4.18. The maximum Gasteiger partial charge on any atom is 0.0900 e. The van der Waals surface area contributed by atoms with Gasteiger partial charge in [0.15, 0.2) is 0 Å². The molecule has 0 bridgehead atoms. The molecular weight excluding hydrogens is 771 g/mol. The van der Waals surface area contributed by atoms with Crippen LogP contribution in [-0.2, 0) is 12.8 Å². The molecule has 0 aliphatic carbocycles. The van der Waals surface area contributed by atoms with Crippen LogP contribution in [0.1, 0.15) is 101 Å². The number of unbranched alkanes of at least 4 members (excludes halogenated alkanes) is 10. The Labute approximate surface area is 357 Å². The van der Waals surface area contributed by atoms with Crippen LogP contribution in [-0.4, -0.2) is 24.1 Å². The highest BCUT2D eigenvalue weighted by Gasteiger charge is 2.15. The Kier molecular flexibility index (Phi) is 15.0. The molecule has 0 aliphatic heterocycles. The molecule has 0 unspecified atom stereocenters. The molecule has 0 spiro atoms. The van der Waals surface area contributed by atoms with Gasteiger partial charge in [0.1, 0.15) is 0 Å². The molecule has 7 aromatic rings. The predicted molar refractivity (Wildman–Crippen MR) is 255 cm³/mol. The molecule has 0 atom stereocenters. The summed E-state index contributed by atoms with van der Waals surface area (Å²) in [6.07, 6.45) is 20.4. The largest absolute Gasteiger partial charge is 0.378 e. The lowest BCUT2D eigenvalue weighted by molar-refractivity contribution is 0.609. The molecule has 7 heteroatoms. The lowest BCUT2D eigenvalue weighted by Gasteiger charge is -2.14. The lowest BCUT2D eigenvalue weighted by atomic mass is 10.0. The molecule has 0 saturated carbocycles. The van der Waals surface area contributed by atoms with Gasteiger partial charge in [-0.15, -0.1) is 45.3 Å². The van der Waals surface area contributed by atoms with Gasteiger partial charge >= 0.3 is 0 Å². The van der Waals surface area contributed by atoms with Crippen LogP contribution in [0, 0.1) is 0 Å². The molecule has 1 aromatic carbocycles. The van der Waals surface area contributed by atoms with Gasteiger partial charge in [-0.2, -0.15) is 0 Å². The van der Waals surface area contributed by atoms with E-state index in [2.05, 4.69) is 130 Å². The van der Waals surface area contributed by atoms with Gasteiger partial charge in [0, 0.05) is 70.6 Å². The van der Waals surface area contributed by atoms with E-state index in [1.165, 1.54) is 140 Å². The fraction of sp³-hybridized carbons (Fsp3) is 0.360.